The van der Waals surface area contributed by atoms with E-state index in [9.17, 15) is 0 Å². The van der Waals surface area contributed by atoms with E-state index in [-0.39, 0.29) is 0 Å². The molecule has 4 nitrogen and oxygen atoms in total. The Balaban J connectivity index is 2.32. The summed E-state index contributed by atoms with van der Waals surface area (Å²) in [5.74, 6) is 7.14. The first kappa shape index (κ1) is 11.5. The summed E-state index contributed by atoms with van der Waals surface area (Å²) < 4.78 is 0. The Bertz CT molecular complexity index is 491. The largest absolute Gasteiger partial charge is 0.308 e. The van der Waals surface area contributed by atoms with E-state index in [0.29, 0.717) is 17.6 Å². The monoisotopic (exact) mass is 228 g/mol. The van der Waals surface area contributed by atoms with Crippen LogP contribution in [-0.2, 0) is 0 Å². The minimum atomic E-state index is 0.530. The van der Waals surface area contributed by atoms with Gasteiger partial charge in [0.05, 0.1) is 0 Å². The van der Waals surface area contributed by atoms with Crippen LogP contribution in [0.4, 0.5) is 5.82 Å². The van der Waals surface area contributed by atoms with Crippen LogP contribution in [0.2, 0.25) is 0 Å². The van der Waals surface area contributed by atoms with Crippen molar-refractivity contribution in [3.63, 3.8) is 0 Å². The predicted octanol–water partition coefficient (Wildman–Crippen LogP) is 2.55. The first-order valence-corrected chi connectivity index (χ1v) is 5.60. The average molecular weight is 228 g/mol. The number of aromatic nitrogens is 2. The van der Waals surface area contributed by atoms with Crippen LogP contribution in [0.15, 0.2) is 36.5 Å². The van der Waals surface area contributed by atoms with Crippen LogP contribution in [0.3, 0.4) is 0 Å². The van der Waals surface area contributed by atoms with Crippen molar-refractivity contribution < 1.29 is 0 Å². The molecule has 0 radical (unpaired) electrons. The summed E-state index contributed by atoms with van der Waals surface area (Å²) >= 11 is 0. The quantitative estimate of drug-likeness (QED) is 0.626. The van der Waals surface area contributed by atoms with Gasteiger partial charge in [0.15, 0.2) is 5.82 Å². The maximum Gasteiger partial charge on any atom is 0.161 e. The molecule has 0 fully saturated rings. The summed E-state index contributed by atoms with van der Waals surface area (Å²) in [7, 11) is 0. The summed E-state index contributed by atoms with van der Waals surface area (Å²) in [5.41, 5.74) is 4.82. The van der Waals surface area contributed by atoms with Crippen molar-refractivity contribution in [2.24, 2.45) is 5.84 Å². The Labute approximate surface area is 101 Å². The molecule has 0 unspecified atom stereocenters. The Kier molecular flexibility index (Phi) is 3.35. The topological polar surface area (TPSA) is 63.8 Å². The second-order valence-corrected chi connectivity index (χ2v) is 4.19. The van der Waals surface area contributed by atoms with Crippen molar-refractivity contribution in [1.29, 1.82) is 0 Å². The van der Waals surface area contributed by atoms with Gasteiger partial charge in [0.25, 0.3) is 0 Å². The third-order valence-corrected chi connectivity index (χ3v) is 2.64. The Morgan fingerprint density at radius 3 is 2.41 bits per heavy atom. The van der Waals surface area contributed by atoms with Crippen LogP contribution >= 0.6 is 0 Å². The molecule has 1 heterocycles. The van der Waals surface area contributed by atoms with E-state index >= 15 is 0 Å². The van der Waals surface area contributed by atoms with Gasteiger partial charge >= 0.3 is 0 Å². The zero-order valence-corrected chi connectivity index (χ0v) is 10.0. The molecule has 0 saturated carbocycles. The van der Waals surface area contributed by atoms with Gasteiger partial charge in [0, 0.05) is 17.8 Å². The molecular weight excluding hydrogens is 212 g/mol. The molecule has 0 saturated heterocycles. The van der Waals surface area contributed by atoms with Crippen molar-refractivity contribution in [2.75, 3.05) is 5.43 Å². The van der Waals surface area contributed by atoms with Crippen LogP contribution in [0.5, 0.6) is 0 Å². The lowest BCUT2D eigenvalue weighted by molar-refractivity contribution is 0.867. The molecule has 0 spiro atoms. The summed E-state index contributed by atoms with van der Waals surface area (Å²) in [5, 5.41) is 0. The summed E-state index contributed by atoms with van der Waals surface area (Å²) in [4.78, 5) is 8.51. The smallest absolute Gasteiger partial charge is 0.161 e. The summed E-state index contributed by atoms with van der Waals surface area (Å²) in [6.45, 7) is 4.34. The van der Waals surface area contributed by atoms with Gasteiger partial charge < -0.3 is 5.43 Å². The van der Waals surface area contributed by atoms with Crippen LogP contribution in [0, 0.1) is 0 Å². The number of nitrogen functional groups attached to an aromatic ring is 1. The lowest BCUT2D eigenvalue weighted by Crippen LogP contribution is -2.09. The number of hydrazine groups is 1. The fourth-order valence-electron chi connectivity index (χ4n) is 1.60. The molecule has 0 bridgehead atoms. The van der Waals surface area contributed by atoms with E-state index in [0.717, 1.165) is 5.56 Å². The molecule has 2 aromatic rings. The van der Waals surface area contributed by atoms with Gasteiger partial charge in [-0.15, -0.1) is 0 Å². The van der Waals surface area contributed by atoms with E-state index < -0.39 is 0 Å². The summed E-state index contributed by atoms with van der Waals surface area (Å²) in [6.07, 6.45) is 1.69. The highest BCUT2D eigenvalue weighted by molar-refractivity contribution is 5.57. The Morgan fingerprint density at radius 1 is 1.12 bits per heavy atom. The van der Waals surface area contributed by atoms with Crippen LogP contribution in [0.1, 0.15) is 25.3 Å². The van der Waals surface area contributed by atoms with Gasteiger partial charge in [-0.05, 0) is 11.5 Å². The van der Waals surface area contributed by atoms with Crippen LogP contribution in [0.25, 0.3) is 11.4 Å². The lowest BCUT2D eigenvalue weighted by Gasteiger charge is -2.06. The molecule has 0 atom stereocenters. The van der Waals surface area contributed by atoms with E-state index in [1.54, 1.807) is 12.3 Å². The number of nitrogens with zero attached hydrogens (tertiary/aromatic N) is 2. The third-order valence-electron chi connectivity index (χ3n) is 2.64. The van der Waals surface area contributed by atoms with Gasteiger partial charge in [0.1, 0.15) is 5.82 Å². The molecule has 0 aliphatic rings. The second kappa shape index (κ2) is 4.93. The van der Waals surface area contributed by atoms with Gasteiger partial charge in [-0.3, -0.25) is 0 Å². The molecule has 0 amide bonds. The number of hydrogen-bond donors (Lipinski definition) is 2. The fraction of sp³-hybridized carbons (Fsp3) is 0.231. The van der Waals surface area contributed by atoms with Crippen molar-refractivity contribution in [2.45, 2.75) is 19.8 Å². The maximum absolute atomic E-state index is 5.32. The minimum Gasteiger partial charge on any atom is -0.308 e. The van der Waals surface area contributed by atoms with E-state index in [1.807, 2.05) is 12.1 Å². The first-order valence-electron chi connectivity index (χ1n) is 5.60. The van der Waals surface area contributed by atoms with Crippen LogP contribution in [-0.4, -0.2) is 9.97 Å². The minimum absolute atomic E-state index is 0.530. The third kappa shape index (κ3) is 2.60. The average Bonchev–Trinajstić information content (AvgIpc) is 2.39. The number of rotatable bonds is 3. The highest BCUT2D eigenvalue weighted by Crippen LogP contribution is 2.20. The van der Waals surface area contributed by atoms with Crippen molar-refractivity contribution in [3.05, 3.63) is 42.1 Å². The molecule has 0 aliphatic carbocycles. The normalized spacial score (nSPS) is 10.6. The van der Waals surface area contributed by atoms with Crippen LogP contribution < -0.4 is 11.3 Å². The SMILES string of the molecule is CC(C)c1ccc(-c2nccc(NN)n2)cc1. The van der Waals surface area contributed by atoms with Gasteiger partial charge in [0.2, 0.25) is 0 Å². The highest BCUT2D eigenvalue weighted by atomic mass is 15.3. The molecule has 0 aliphatic heterocycles. The molecule has 4 heteroatoms. The van der Waals surface area contributed by atoms with Crippen molar-refractivity contribution in [3.8, 4) is 11.4 Å². The number of anilines is 1. The van der Waals surface area contributed by atoms with Gasteiger partial charge in [-0.25, -0.2) is 15.8 Å². The zero-order valence-electron chi connectivity index (χ0n) is 10.0. The standard InChI is InChI=1S/C13H16N4/c1-9(2)10-3-5-11(6-4-10)13-15-8-7-12(16-13)17-14/h3-9H,14H2,1-2H3,(H,15,16,17). The van der Waals surface area contributed by atoms with Crippen molar-refractivity contribution >= 4 is 5.82 Å². The van der Waals surface area contributed by atoms with E-state index in [1.165, 1.54) is 5.56 Å². The number of hydrogen-bond acceptors (Lipinski definition) is 4. The second-order valence-electron chi connectivity index (χ2n) is 4.19. The maximum atomic E-state index is 5.32. The predicted molar refractivity (Wildman–Crippen MR) is 69.4 cm³/mol. The van der Waals surface area contributed by atoms with Gasteiger partial charge in [-0.1, -0.05) is 38.1 Å². The van der Waals surface area contributed by atoms with E-state index in [4.69, 9.17) is 5.84 Å². The molecule has 1 aromatic heterocycles. The number of nitrogens with two attached hydrogens (primary N) is 1. The molecule has 17 heavy (non-hydrogen) atoms. The first-order chi connectivity index (χ1) is 8.20. The Morgan fingerprint density at radius 2 is 1.82 bits per heavy atom. The number of benzene rings is 1. The lowest BCUT2D eigenvalue weighted by atomic mass is 10.0. The fourth-order valence-corrected chi connectivity index (χ4v) is 1.60. The molecule has 2 rings (SSSR count). The molecule has 88 valence electrons. The molecule has 3 N–H and O–H groups in total. The zero-order chi connectivity index (χ0) is 12.3. The summed E-state index contributed by atoms with van der Waals surface area (Å²) in [6, 6.07) is 10.00. The highest BCUT2D eigenvalue weighted by Gasteiger charge is 2.03. The van der Waals surface area contributed by atoms with Gasteiger partial charge in [-0.2, -0.15) is 0 Å². The molecular formula is C13H16N4. The number of nitrogens with one attached hydrogen (secondary N) is 1. The van der Waals surface area contributed by atoms with Crippen molar-refractivity contribution in [1.82, 2.24) is 9.97 Å². The van der Waals surface area contributed by atoms with E-state index in [2.05, 4.69) is 41.4 Å². The Hall–Kier alpha value is -1.94. The molecule has 1 aromatic carbocycles.